The van der Waals surface area contributed by atoms with Crippen molar-refractivity contribution in [2.75, 3.05) is 14.2 Å². The summed E-state index contributed by atoms with van der Waals surface area (Å²) < 4.78 is 10.3. The van der Waals surface area contributed by atoms with Gasteiger partial charge in [0.05, 0.1) is 25.6 Å². The molecule has 2 N–H and O–H groups in total. The first-order valence-corrected chi connectivity index (χ1v) is 8.12. The van der Waals surface area contributed by atoms with Crippen molar-refractivity contribution in [1.82, 2.24) is 9.97 Å². The Bertz CT molecular complexity index is 945. The lowest BCUT2D eigenvalue weighted by Crippen LogP contribution is -2.15. The molecule has 3 aromatic rings. The number of aromatic carboxylic acids is 2. The Morgan fingerprint density at radius 2 is 1.00 bits per heavy atom. The Morgan fingerprint density at radius 1 is 0.679 bits per heavy atom. The van der Waals surface area contributed by atoms with Gasteiger partial charge in [0, 0.05) is 11.1 Å². The zero-order chi connectivity index (χ0) is 20.3. The van der Waals surface area contributed by atoms with Gasteiger partial charge < -0.3 is 19.7 Å². The molecule has 1 heterocycles. The van der Waals surface area contributed by atoms with Crippen LogP contribution in [0.25, 0.3) is 22.5 Å². The summed E-state index contributed by atoms with van der Waals surface area (Å²) in [5.74, 6) is -1.71. The van der Waals surface area contributed by atoms with E-state index in [0.717, 1.165) is 0 Å². The quantitative estimate of drug-likeness (QED) is 0.669. The molecule has 0 saturated carbocycles. The van der Waals surface area contributed by atoms with Crippen LogP contribution in [0, 0.1) is 0 Å². The fraction of sp³-hybridized carbons (Fsp3) is 0.100. The van der Waals surface area contributed by atoms with Crippen LogP contribution in [0.5, 0.6) is 11.5 Å². The van der Waals surface area contributed by atoms with Crippen LogP contribution >= 0.6 is 0 Å². The molecule has 1 aromatic heterocycles. The molecule has 0 amide bonds. The Kier molecular flexibility index (Phi) is 5.21. The van der Waals surface area contributed by atoms with E-state index in [0.29, 0.717) is 22.6 Å². The molecule has 0 aliphatic heterocycles. The van der Waals surface area contributed by atoms with Gasteiger partial charge in [0.2, 0.25) is 0 Å². The average Bonchev–Trinajstić information content (AvgIpc) is 2.72. The Labute approximate surface area is 160 Å². The third-order valence-electron chi connectivity index (χ3n) is 4.03. The van der Waals surface area contributed by atoms with Crippen LogP contribution in [0.4, 0.5) is 0 Å². The van der Waals surface area contributed by atoms with Gasteiger partial charge in [0.25, 0.3) is 0 Å². The maximum absolute atomic E-state index is 11.5. The van der Waals surface area contributed by atoms with E-state index in [4.69, 9.17) is 9.47 Å². The maximum atomic E-state index is 11.5. The van der Waals surface area contributed by atoms with Gasteiger partial charge in [-0.25, -0.2) is 19.6 Å². The molecular formula is C20H16N2O6. The first kappa shape index (κ1) is 18.8. The minimum Gasteiger partial charge on any atom is -0.497 e. The minimum atomic E-state index is -1.47. The molecule has 0 spiro atoms. The van der Waals surface area contributed by atoms with E-state index < -0.39 is 23.3 Å². The molecule has 0 fully saturated rings. The molecule has 0 bridgehead atoms. The molecule has 0 radical (unpaired) electrons. The second-order valence-electron chi connectivity index (χ2n) is 5.69. The number of benzene rings is 2. The smallest absolute Gasteiger partial charge is 0.357 e. The zero-order valence-corrected chi connectivity index (χ0v) is 15.0. The number of carboxylic acids is 2. The lowest BCUT2D eigenvalue weighted by atomic mass is 10.0. The molecule has 3 rings (SSSR count). The summed E-state index contributed by atoms with van der Waals surface area (Å²) in [6.45, 7) is 0. The Morgan fingerprint density at radius 3 is 1.25 bits per heavy atom. The second kappa shape index (κ2) is 7.75. The monoisotopic (exact) mass is 380 g/mol. The molecule has 8 nitrogen and oxygen atoms in total. The second-order valence-corrected chi connectivity index (χ2v) is 5.69. The van der Waals surface area contributed by atoms with Gasteiger partial charge in [-0.05, 0) is 48.5 Å². The largest absolute Gasteiger partial charge is 0.497 e. The molecule has 0 atom stereocenters. The predicted molar refractivity (Wildman–Crippen MR) is 99.9 cm³/mol. The average molecular weight is 380 g/mol. The van der Waals surface area contributed by atoms with Crippen molar-refractivity contribution in [2.45, 2.75) is 0 Å². The molecule has 0 aliphatic rings. The van der Waals surface area contributed by atoms with Gasteiger partial charge in [-0.3, -0.25) is 0 Å². The summed E-state index contributed by atoms with van der Waals surface area (Å²) in [6, 6.07) is 13.6. The van der Waals surface area contributed by atoms with Gasteiger partial charge in [-0.15, -0.1) is 0 Å². The van der Waals surface area contributed by atoms with Crippen LogP contribution < -0.4 is 9.47 Å². The summed E-state index contributed by atoms with van der Waals surface area (Å²) in [4.78, 5) is 31.3. The van der Waals surface area contributed by atoms with Crippen LogP contribution in [0.3, 0.4) is 0 Å². The van der Waals surface area contributed by atoms with Gasteiger partial charge in [-0.2, -0.15) is 0 Å². The molecule has 28 heavy (non-hydrogen) atoms. The summed E-state index contributed by atoms with van der Waals surface area (Å²) in [6.07, 6.45) is 0. The first-order valence-electron chi connectivity index (χ1n) is 8.12. The Balaban J connectivity index is 2.28. The number of carboxylic acid groups (broad SMARTS) is 2. The fourth-order valence-corrected chi connectivity index (χ4v) is 2.63. The predicted octanol–water partition coefficient (Wildman–Crippen LogP) is 3.22. The van der Waals surface area contributed by atoms with E-state index >= 15 is 0 Å². The summed E-state index contributed by atoms with van der Waals surface area (Å²) in [5.41, 5.74) is 0.369. The van der Waals surface area contributed by atoms with E-state index in [9.17, 15) is 19.8 Å². The topological polar surface area (TPSA) is 119 Å². The van der Waals surface area contributed by atoms with Crippen molar-refractivity contribution in [3.63, 3.8) is 0 Å². The number of ether oxygens (including phenoxy) is 2. The highest BCUT2D eigenvalue weighted by Gasteiger charge is 2.24. The van der Waals surface area contributed by atoms with Crippen molar-refractivity contribution in [1.29, 1.82) is 0 Å². The van der Waals surface area contributed by atoms with Crippen molar-refractivity contribution in [3.8, 4) is 34.0 Å². The number of nitrogens with zero attached hydrogens (tertiary/aromatic N) is 2. The highest BCUT2D eigenvalue weighted by molar-refractivity contribution is 6.00. The molecular weight excluding hydrogens is 364 g/mol. The maximum Gasteiger partial charge on any atom is 0.357 e. The summed E-state index contributed by atoms with van der Waals surface area (Å²) >= 11 is 0. The minimum absolute atomic E-state index is 0.246. The lowest BCUT2D eigenvalue weighted by molar-refractivity contribution is 0.0641. The van der Waals surface area contributed by atoms with E-state index in [1.165, 1.54) is 14.2 Å². The van der Waals surface area contributed by atoms with Crippen LogP contribution in [-0.2, 0) is 0 Å². The van der Waals surface area contributed by atoms with Crippen molar-refractivity contribution >= 4 is 11.9 Å². The van der Waals surface area contributed by atoms with Crippen LogP contribution in [0.2, 0.25) is 0 Å². The number of rotatable bonds is 6. The number of hydrogen-bond acceptors (Lipinski definition) is 6. The third-order valence-corrected chi connectivity index (χ3v) is 4.03. The van der Waals surface area contributed by atoms with E-state index in [2.05, 4.69) is 9.97 Å². The summed E-state index contributed by atoms with van der Waals surface area (Å²) in [7, 11) is 3.06. The van der Waals surface area contributed by atoms with Gasteiger partial charge in [0.15, 0.2) is 11.4 Å². The van der Waals surface area contributed by atoms with Gasteiger partial charge in [0.1, 0.15) is 11.5 Å². The summed E-state index contributed by atoms with van der Waals surface area (Å²) in [5, 5.41) is 18.8. The lowest BCUT2D eigenvalue weighted by Gasteiger charge is -2.12. The molecule has 0 unspecified atom stereocenters. The zero-order valence-electron chi connectivity index (χ0n) is 15.0. The Hall–Kier alpha value is -3.94. The van der Waals surface area contributed by atoms with E-state index in [1.54, 1.807) is 48.5 Å². The van der Waals surface area contributed by atoms with E-state index in [1.807, 2.05) is 0 Å². The third kappa shape index (κ3) is 3.61. The number of carbonyl (C=O) groups is 2. The number of methoxy groups -OCH3 is 2. The first-order chi connectivity index (χ1) is 13.4. The fourth-order valence-electron chi connectivity index (χ4n) is 2.63. The molecule has 2 aromatic carbocycles. The van der Waals surface area contributed by atoms with Gasteiger partial charge >= 0.3 is 11.9 Å². The number of hydrogen-bond donors (Lipinski definition) is 2. The highest BCUT2D eigenvalue weighted by Crippen LogP contribution is 2.32. The molecule has 142 valence electrons. The van der Waals surface area contributed by atoms with Crippen LogP contribution in [0.1, 0.15) is 21.0 Å². The van der Waals surface area contributed by atoms with Crippen molar-refractivity contribution in [3.05, 3.63) is 59.9 Å². The highest BCUT2D eigenvalue weighted by atomic mass is 16.5. The van der Waals surface area contributed by atoms with Gasteiger partial charge in [-0.1, -0.05) is 0 Å². The van der Waals surface area contributed by atoms with E-state index in [-0.39, 0.29) is 11.4 Å². The normalized spacial score (nSPS) is 10.4. The van der Waals surface area contributed by atoms with Crippen molar-refractivity contribution < 1.29 is 29.3 Å². The SMILES string of the molecule is COc1ccc(-c2nc(C(=O)O)c(C(=O)O)nc2-c2ccc(OC)cc2)cc1. The standard InChI is InChI=1S/C20H16N2O6/c1-27-13-7-3-11(4-8-13)15-16(12-5-9-14(28-2)10-6-12)22-18(20(25)26)17(21-15)19(23)24/h3-10H,1-2H3,(H,23,24)(H,25,26). The molecule has 0 saturated heterocycles. The molecule has 8 heteroatoms. The van der Waals surface area contributed by atoms with Crippen LogP contribution in [-0.4, -0.2) is 46.3 Å². The number of aromatic nitrogens is 2. The molecule has 0 aliphatic carbocycles. The van der Waals surface area contributed by atoms with Crippen LogP contribution in [0.15, 0.2) is 48.5 Å². The van der Waals surface area contributed by atoms with Crippen molar-refractivity contribution in [2.24, 2.45) is 0 Å².